The fraction of sp³-hybridized carbons (Fsp3) is 0.647. The standard InChI is InChI=1S/C51H76N2O10/c1-50(2,3)62-46(56)33-20-18-16-14-12-10-8-7-9-11-13-15-17-19-32-45(55)52-44(48(59)63-51(4,5)6)35-34-37(54)26-25-31-43(47(57)58)53-49(60)61-36-42-40-29-23-21-27-38(40)39-28-22-24-30-41(39)42/h21-24,27-30,42-44H,7-20,25-26,31-36H2,1-6H3,(H,52,55)(H,53,60)(H,57,58)/t43-,44-/m0/s1. The molecule has 1 aliphatic carbocycles. The van der Waals surface area contributed by atoms with Crippen LogP contribution in [0.25, 0.3) is 11.1 Å². The molecular weight excluding hydrogens is 801 g/mol. The van der Waals surface area contributed by atoms with Gasteiger partial charge in [-0.2, -0.15) is 0 Å². The van der Waals surface area contributed by atoms with E-state index >= 15 is 0 Å². The van der Waals surface area contributed by atoms with Crippen LogP contribution in [-0.4, -0.2) is 70.7 Å². The molecule has 0 fully saturated rings. The van der Waals surface area contributed by atoms with E-state index in [1.165, 1.54) is 44.9 Å². The summed E-state index contributed by atoms with van der Waals surface area (Å²) in [6, 6.07) is 13.6. The van der Waals surface area contributed by atoms with Gasteiger partial charge in [-0.1, -0.05) is 126 Å². The van der Waals surface area contributed by atoms with Crippen LogP contribution in [0.3, 0.4) is 0 Å². The molecule has 2 atom stereocenters. The highest BCUT2D eigenvalue weighted by Crippen LogP contribution is 2.44. The van der Waals surface area contributed by atoms with Gasteiger partial charge in [0.25, 0.3) is 0 Å². The Bertz CT molecular complexity index is 1710. The molecule has 0 saturated heterocycles. The van der Waals surface area contributed by atoms with Gasteiger partial charge in [0.2, 0.25) is 5.91 Å². The average molecular weight is 877 g/mol. The maximum atomic E-state index is 13.0. The molecule has 0 bridgehead atoms. The monoisotopic (exact) mass is 877 g/mol. The van der Waals surface area contributed by atoms with E-state index in [0.29, 0.717) is 12.8 Å². The summed E-state index contributed by atoms with van der Waals surface area (Å²) < 4.78 is 16.4. The van der Waals surface area contributed by atoms with Gasteiger partial charge in [0.15, 0.2) is 0 Å². The second-order valence-corrected chi connectivity index (χ2v) is 19.0. The number of carbonyl (C=O) groups excluding carboxylic acids is 5. The number of carboxylic acids is 1. The molecule has 2 aromatic rings. The lowest BCUT2D eigenvalue weighted by molar-refractivity contribution is -0.159. The molecule has 0 aliphatic heterocycles. The number of rotatable bonds is 30. The summed E-state index contributed by atoms with van der Waals surface area (Å²) >= 11 is 0. The second kappa shape index (κ2) is 27.4. The number of ketones is 1. The smallest absolute Gasteiger partial charge is 0.407 e. The number of unbranched alkanes of at least 4 members (excludes halogenated alkanes) is 13. The van der Waals surface area contributed by atoms with Gasteiger partial charge in [0, 0.05) is 31.6 Å². The highest BCUT2D eigenvalue weighted by Gasteiger charge is 2.31. The largest absolute Gasteiger partial charge is 0.480 e. The van der Waals surface area contributed by atoms with E-state index in [1.807, 2.05) is 69.3 Å². The van der Waals surface area contributed by atoms with Crippen LogP contribution in [0, 0.1) is 0 Å². The first kappa shape index (κ1) is 52.6. The average Bonchev–Trinajstić information content (AvgIpc) is 3.53. The van der Waals surface area contributed by atoms with Gasteiger partial charge in [-0.15, -0.1) is 0 Å². The van der Waals surface area contributed by atoms with Crippen LogP contribution in [0.2, 0.25) is 0 Å². The van der Waals surface area contributed by atoms with E-state index in [1.54, 1.807) is 20.8 Å². The fourth-order valence-electron chi connectivity index (χ4n) is 7.93. The second-order valence-electron chi connectivity index (χ2n) is 19.0. The van der Waals surface area contributed by atoms with Gasteiger partial charge in [-0.05, 0) is 95.9 Å². The highest BCUT2D eigenvalue weighted by molar-refractivity contribution is 5.86. The molecule has 2 amide bonds. The predicted octanol–water partition coefficient (Wildman–Crippen LogP) is 10.9. The molecule has 63 heavy (non-hydrogen) atoms. The third-order valence-electron chi connectivity index (χ3n) is 11.1. The molecule has 0 radical (unpaired) electrons. The number of carbonyl (C=O) groups is 6. The van der Waals surface area contributed by atoms with Crippen LogP contribution >= 0.6 is 0 Å². The van der Waals surface area contributed by atoms with Crippen LogP contribution in [0.5, 0.6) is 0 Å². The summed E-state index contributed by atoms with van der Waals surface area (Å²) in [4.78, 5) is 75.4. The molecule has 3 N–H and O–H groups in total. The van der Waals surface area contributed by atoms with E-state index in [-0.39, 0.29) is 68.7 Å². The number of Topliss-reactive ketones (excluding diaryl/α,β-unsaturated/α-hetero) is 1. The zero-order chi connectivity index (χ0) is 46.3. The van der Waals surface area contributed by atoms with Crippen molar-refractivity contribution in [3.05, 3.63) is 59.7 Å². The number of esters is 2. The van der Waals surface area contributed by atoms with Gasteiger partial charge >= 0.3 is 24.0 Å². The number of hydrogen-bond acceptors (Lipinski definition) is 9. The molecule has 1 aliphatic rings. The van der Waals surface area contributed by atoms with Crippen LogP contribution in [-0.2, 0) is 38.2 Å². The first-order valence-electron chi connectivity index (χ1n) is 23.5. The molecule has 2 aromatic carbocycles. The predicted molar refractivity (Wildman–Crippen MR) is 245 cm³/mol. The van der Waals surface area contributed by atoms with E-state index in [0.717, 1.165) is 60.8 Å². The Hall–Kier alpha value is -4.74. The van der Waals surface area contributed by atoms with Crippen molar-refractivity contribution in [3.63, 3.8) is 0 Å². The summed E-state index contributed by atoms with van der Waals surface area (Å²) in [7, 11) is 0. The lowest BCUT2D eigenvalue weighted by atomic mass is 9.98. The SMILES string of the molecule is CC(C)(C)OC(=O)CCCCCCCCCCCCCCCCC(=O)N[C@@H](CCC(=O)CCC[C@H](NC(=O)OCC1c2ccccc2-c2ccccc21)C(=O)O)C(=O)OC(C)(C)C. The summed E-state index contributed by atoms with van der Waals surface area (Å²) in [5.74, 6) is -2.55. The number of aliphatic carboxylic acids is 1. The van der Waals surface area contributed by atoms with Crippen molar-refractivity contribution in [2.45, 2.75) is 206 Å². The number of benzene rings is 2. The Morgan fingerprint density at radius 3 is 1.52 bits per heavy atom. The summed E-state index contributed by atoms with van der Waals surface area (Å²) in [6.45, 7) is 11.0. The topological polar surface area (TPSA) is 174 Å². The number of hydrogen-bond donors (Lipinski definition) is 3. The Labute approximate surface area is 376 Å². The molecule has 350 valence electrons. The Balaban J connectivity index is 1.27. The van der Waals surface area contributed by atoms with E-state index in [4.69, 9.17) is 14.2 Å². The lowest BCUT2D eigenvalue weighted by Crippen LogP contribution is -2.44. The van der Waals surface area contributed by atoms with E-state index in [9.17, 15) is 33.9 Å². The van der Waals surface area contributed by atoms with Gasteiger partial charge in [-0.25, -0.2) is 14.4 Å². The molecule has 0 unspecified atom stereocenters. The van der Waals surface area contributed by atoms with Crippen molar-refractivity contribution in [2.75, 3.05) is 6.61 Å². The molecule has 3 rings (SSSR count). The van der Waals surface area contributed by atoms with Crippen molar-refractivity contribution in [2.24, 2.45) is 0 Å². The van der Waals surface area contributed by atoms with Crippen molar-refractivity contribution in [1.82, 2.24) is 10.6 Å². The zero-order valence-electron chi connectivity index (χ0n) is 39.0. The van der Waals surface area contributed by atoms with Gasteiger partial charge < -0.3 is 30.0 Å². The van der Waals surface area contributed by atoms with Gasteiger partial charge in [0.1, 0.15) is 35.7 Å². The van der Waals surface area contributed by atoms with E-state index in [2.05, 4.69) is 10.6 Å². The fourth-order valence-corrected chi connectivity index (χ4v) is 7.93. The van der Waals surface area contributed by atoms with Crippen molar-refractivity contribution in [3.8, 4) is 11.1 Å². The number of alkyl carbamates (subject to hydrolysis) is 1. The first-order chi connectivity index (χ1) is 29.9. The minimum Gasteiger partial charge on any atom is -0.480 e. The molecule has 0 saturated carbocycles. The molecule has 12 heteroatoms. The van der Waals surface area contributed by atoms with Crippen LogP contribution < -0.4 is 10.6 Å². The van der Waals surface area contributed by atoms with Crippen LogP contribution in [0.4, 0.5) is 4.79 Å². The zero-order valence-corrected chi connectivity index (χ0v) is 39.0. The van der Waals surface area contributed by atoms with Crippen LogP contribution in [0.15, 0.2) is 48.5 Å². The maximum Gasteiger partial charge on any atom is 0.407 e. The first-order valence-corrected chi connectivity index (χ1v) is 23.5. The number of carboxylic acid groups (broad SMARTS) is 1. The minimum absolute atomic E-state index is 0.000878. The third-order valence-corrected chi connectivity index (χ3v) is 11.1. The quantitative estimate of drug-likeness (QED) is 0.0389. The van der Waals surface area contributed by atoms with E-state index < -0.39 is 41.3 Å². The molecular formula is C51H76N2O10. The van der Waals surface area contributed by atoms with Crippen LogP contribution in [0.1, 0.15) is 193 Å². The molecule has 0 aromatic heterocycles. The lowest BCUT2D eigenvalue weighted by Gasteiger charge is -2.24. The Morgan fingerprint density at radius 1 is 0.556 bits per heavy atom. The summed E-state index contributed by atoms with van der Waals surface area (Å²) in [5, 5.41) is 15.0. The van der Waals surface area contributed by atoms with Crippen molar-refractivity contribution < 1.29 is 48.1 Å². The molecule has 0 spiro atoms. The molecule has 12 nitrogen and oxygen atoms in total. The highest BCUT2D eigenvalue weighted by atomic mass is 16.6. The minimum atomic E-state index is -1.25. The number of ether oxygens (including phenoxy) is 3. The van der Waals surface area contributed by atoms with Crippen molar-refractivity contribution in [1.29, 1.82) is 0 Å². The van der Waals surface area contributed by atoms with Gasteiger partial charge in [0.05, 0.1) is 0 Å². The number of nitrogens with one attached hydrogen (secondary N) is 2. The summed E-state index contributed by atoms with van der Waals surface area (Å²) in [6.07, 6.45) is 15.8. The third kappa shape index (κ3) is 21.5. The number of amides is 2. The van der Waals surface area contributed by atoms with Crippen molar-refractivity contribution >= 4 is 35.7 Å². The number of fused-ring (bicyclic) bond motifs is 3. The maximum absolute atomic E-state index is 13.0. The summed E-state index contributed by atoms with van der Waals surface area (Å²) in [5.41, 5.74) is 3.06. The normalized spacial score (nSPS) is 13.3. The Kier molecular flexibility index (Phi) is 22.9. The Morgan fingerprint density at radius 2 is 1.03 bits per heavy atom. The molecule has 0 heterocycles. The van der Waals surface area contributed by atoms with Gasteiger partial charge in [-0.3, -0.25) is 14.4 Å².